The van der Waals surface area contributed by atoms with Gasteiger partial charge in [0.15, 0.2) is 0 Å². The molecule has 0 saturated heterocycles. The Kier molecular flexibility index (Phi) is 18.6. The number of carbonyl (C=O) groups excluding carboxylic acids is 6. The van der Waals surface area contributed by atoms with Crippen LogP contribution in [0.3, 0.4) is 0 Å². The topological polar surface area (TPSA) is 176 Å². The minimum Gasteiger partial charge on any atom is -0.493 e. The summed E-state index contributed by atoms with van der Waals surface area (Å²) in [4.78, 5) is 76.7. The molecule has 14 nitrogen and oxygen atoms in total. The van der Waals surface area contributed by atoms with Crippen LogP contribution in [0.5, 0.6) is 34.5 Å². The zero-order valence-corrected chi connectivity index (χ0v) is 46.3. The largest absolute Gasteiger partial charge is 0.493 e. The Hall–Kier alpha value is -11.4. The fourth-order valence-electron chi connectivity index (χ4n) is 9.20. The van der Waals surface area contributed by atoms with Gasteiger partial charge in [-0.05, 0) is 153 Å². The first-order valence-electron chi connectivity index (χ1n) is 27.4. The van der Waals surface area contributed by atoms with E-state index in [4.69, 9.17) is 37.9 Å². The minimum atomic E-state index is -0.607. The SMILES string of the molecule is C=CC(=O)OCCCOc1ccc(C(=O)Oc2ccc(-c3ccc(C(=O)Oc4ccc5ccccc5c4-c4c(OC(=O)c5ccc(-c6ccc(OC(=O)c7ccc(OCCCOC(=O)C=C)cc7)cc6)cc5)ccc5ccccc45)cc3)cc2)cc1. The van der Waals surface area contributed by atoms with Crippen molar-refractivity contribution in [2.75, 3.05) is 26.4 Å². The average molecular weight is 1140 g/mol. The number of benzene rings is 10. The molecule has 0 spiro atoms. The number of rotatable bonds is 23. The van der Waals surface area contributed by atoms with Gasteiger partial charge in [0.25, 0.3) is 0 Å². The van der Waals surface area contributed by atoms with E-state index < -0.39 is 35.8 Å². The summed E-state index contributed by atoms with van der Waals surface area (Å²) in [6.45, 7) is 7.77. The highest BCUT2D eigenvalue weighted by atomic mass is 16.6. The monoisotopic (exact) mass is 1140 g/mol. The highest BCUT2D eigenvalue weighted by Gasteiger charge is 2.24. The van der Waals surface area contributed by atoms with Crippen molar-refractivity contribution in [3.8, 4) is 67.9 Å². The Balaban J connectivity index is 0.791. The maximum absolute atomic E-state index is 14.2. The van der Waals surface area contributed by atoms with Gasteiger partial charge in [-0.2, -0.15) is 0 Å². The quantitative estimate of drug-likeness (QED) is 0.0256. The second kappa shape index (κ2) is 27.6. The van der Waals surface area contributed by atoms with Crippen molar-refractivity contribution >= 4 is 57.4 Å². The van der Waals surface area contributed by atoms with E-state index in [9.17, 15) is 28.8 Å². The maximum atomic E-state index is 14.2. The first kappa shape index (κ1) is 57.8. The van der Waals surface area contributed by atoms with Gasteiger partial charge in [0.05, 0.1) is 48.7 Å². The lowest BCUT2D eigenvalue weighted by molar-refractivity contribution is -0.138. The van der Waals surface area contributed by atoms with Crippen molar-refractivity contribution in [2.24, 2.45) is 0 Å². The lowest BCUT2D eigenvalue weighted by atomic mass is 9.92. The van der Waals surface area contributed by atoms with Crippen LogP contribution in [0.1, 0.15) is 54.3 Å². The summed E-state index contributed by atoms with van der Waals surface area (Å²) in [7, 11) is 0. The summed E-state index contributed by atoms with van der Waals surface area (Å²) in [5, 5.41) is 3.27. The molecule has 0 bridgehead atoms. The van der Waals surface area contributed by atoms with Crippen LogP contribution in [0, 0.1) is 0 Å². The normalized spacial score (nSPS) is 10.7. The molecule has 0 amide bonds. The summed E-state index contributed by atoms with van der Waals surface area (Å²) >= 11 is 0. The van der Waals surface area contributed by atoms with Gasteiger partial charge >= 0.3 is 35.8 Å². The molecular weight excluding hydrogens is 1090 g/mol. The van der Waals surface area contributed by atoms with Gasteiger partial charge in [0.1, 0.15) is 34.5 Å². The van der Waals surface area contributed by atoms with Gasteiger partial charge in [-0.3, -0.25) is 0 Å². The Morgan fingerprint density at radius 3 is 0.965 bits per heavy atom. The molecule has 10 aromatic rings. The summed E-state index contributed by atoms with van der Waals surface area (Å²) in [6.07, 6.45) is 3.19. The molecule has 0 N–H and O–H groups in total. The van der Waals surface area contributed by atoms with Crippen molar-refractivity contribution in [3.05, 3.63) is 266 Å². The number of esters is 6. The van der Waals surface area contributed by atoms with Gasteiger partial charge in [-0.25, -0.2) is 28.8 Å². The van der Waals surface area contributed by atoms with Crippen molar-refractivity contribution in [3.63, 3.8) is 0 Å². The smallest absolute Gasteiger partial charge is 0.343 e. The third kappa shape index (κ3) is 14.4. The van der Waals surface area contributed by atoms with Crippen molar-refractivity contribution in [1.82, 2.24) is 0 Å². The molecule has 0 aromatic heterocycles. The van der Waals surface area contributed by atoms with Crippen LogP contribution in [0.25, 0.3) is 54.9 Å². The zero-order chi connectivity index (χ0) is 59.8. The molecule has 0 unspecified atom stereocenters. The Morgan fingerprint density at radius 2 is 0.616 bits per heavy atom. The molecule has 0 aliphatic carbocycles. The van der Waals surface area contributed by atoms with E-state index in [-0.39, 0.29) is 24.7 Å². The van der Waals surface area contributed by atoms with E-state index in [0.717, 1.165) is 56.0 Å². The van der Waals surface area contributed by atoms with E-state index >= 15 is 0 Å². The van der Waals surface area contributed by atoms with Gasteiger partial charge < -0.3 is 37.9 Å². The molecule has 0 heterocycles. The fraction of sp³-hybridized carbons (Fsp3) is 0.0833. The maximum Gasteiger partial charge on any atom is 0.343 e. The molecule has 0 aliphatic rings. The van der Waals surface area contributed by atoms with E-state index in [2.05, 4.69) is 13.2 Å². The standard InChI is InChI=1S/C72H54O14/c1-3-65(73)81-45-9-43-79-57-33-27-55(28-34-57)69(75)83-59-37-23-49(24-38-59)47-15-19-53(20-16-47)71(77)85-63-41-31-51-11-5-7-13-61(51)67(63)68-62-14-8-6-12-52(62)32-42-64(68)86-72(78)54-21-17-48(18-22-54)50-25-39-60(40-26-50)84-70(76)56-29-35-58(36-30-56)80-44-10-46-82-66(74)4-2/h3-8,11-42H,1-2,9-10,43-46H2. The lowest BCUT2D eigenvalue weighted by Crippen LogP contribution is -2.11. The van der Waals surface area contributed by atoms with E-state index in [1.54, 1.807) is 133 Å². The molecule has 0 atom stereocenters. The predicted molar refractivity (Wildman–Crippen MR) is 326 cm³/mol. The van der Waals surface area contributed by atoms with Crippen molar-refractivity contribution in [2.45, 2.75) is 12.8 Å². The Labute approximate surface area is 495 Å². The van der Waals surface area contributed by atoms with Gasteiger partial charge in [0, 0.05) is 36.1 Å². The van der Waals surface area contributed by atoms with Crippen molar-refractivity contribution < 1.29 is 66.7 Å². The van der Waals surface area contributed by atoms with Gasteiger partial charge in [0.2, 0.25) is 0 Å². The molecule has 0 radical (unpaired) electrons. The van der Waals surface area contributed by atoms with Crippen LogP contribution in [0.15, 0.2) is 244 Å². The summed E-state index contributed by atoms with van der Waals surface area (Å²) in [6, 6.07) is 63.7. The number of hydrogen-bond acceptors (Lipinski definition) is 14. The number of ether oxygens (including phenoxy) is 8. The highest BCUT2D eigenvalue weighted by molar-refractivity contribution is 6.11. The first-order chi connectivity index (χ1) is 42.0. The van der Waals surface area contributed by atoms with E-state index in [1.807, 2.05) is 84.9 Å². The third-order valence-electron chi connectivity index (χ3n) is 13.6. The highest BCUT2D eigenvalue weighted by Crippen LogP contribution is 2.46. The zero-order valence-electron chi connectivity index (χ0n) is 46.3. The van der Waals surface area contributed by atoms with Crippen LogP contribution >= 0.6 is 0 Å². The van der Waals surface area contributed by atoms with E-state index in [1.165, 1.54) is 0 Å². The second-order valence-corrected chi connectivity index (χ2v) is 19.3. The molecule has 86 heavy (non-hydrogen) atoms. The van der Waals surface area contributed by atoms with Crippen LogP contribution in [0.2, 0.25) is 0 Å². The number of carbonyl (C=O) groups is 6. The summed E-state index contributed by atoms with van der Waals surface area (Å²) in [5.74, 6) is -0.987. The van der Waals surface area contributed by atoms with E-state index in [0.29, 0.717) is 82.4 Å². The molecule has 426 valence electrons. The first-order valence-corrected chi connectivity index (χ1v) is 27.4. The molecule has 14 heteroatoms. The Bertz CT molecular complexity index is 3840. The van der Waals surface area contributed by atoms with Gasteiger partial charge in [-0.1, -0.05) is 122 Å². The molecule has 10 aromatic carbocycles. The average Bonchev–Trinajstić information content (AvgIpc) is 1.00. The number of fused-ring (bicyclic) bond motifs is 2. The van der Waals surface area contributed by atoms with Gasteiger partial charge in [-0.15, -0.1) is 0 Å². The second-order valence-electron chi connectivity index (χ2n) is 19.3. The lowest BCUT2D eigenvalue weighted by Gasteiger charge is -2.19. The molecular formula is C72H54O14. The predicted octanol–water partition coefficient (Wildman–Crippen LogP) is 14.9. The summed E-state index contributed by atoms with van der Waals surface area (Å²) in [5.41, 5.74) is 5.61. The van der Waals surface area contributed by atoms with Crippen LogP contribution in [-0.2, 0) is 19.1 Å². The van der Waals surface area contributed by atoms with Crippen LogP contribution in [0.4, 0.5) is 0 Å². The van der Waals surface area contributed by atoms with Crippen LogP contribution in [-0.4, -0.2) is 62.2 Å². The molecule has 10 rings (SSSR count). The van der Waals surface area contributed by atoms with Crippen molar-refractivity contribution in [1.29, 1.82) is 0 Å². The molecule has 0 saturated carbocycles. The summed E-state index contributed by atoms with van der Waals surface area (Å²) < 4.78 is 45.1. The minimum absolute atomic E-state index is 0.203. The molecule has 0 aliphatic heterocycles. The number of hydrogen-bond donors (Lipinski definition) is 0. The van der Waals surface area contributed by atoms with Crippen LogP contribution < -0.4 is 28.4 Å². The fourth-order valence-corrected chi connectivity index (χ4v) is 9.20. The Morgan fingerprint density at radius 1 is 0.314 bits per heavy atom. The third-order valence-corrected chi connectivity index (χ3v) is 13.6. The molecule has 0 fully saturated rings.